The summed E-state index contributed by atoms with van der Waals surface area (Å²) in [5, 5.41) is 21.4. The summed E-state index contributed by atoms with van der Waals surface area (Å²) in [6, 6.07) is 0. The van der Waals surface area contributed by atoms with Crippen LogP contribution in [0.1, 0.15) is 96.8 Å². The maximum atomic E-state index is 12.2. The van der Waals surface area contributed by atoms with E-state index in [0.29, 0.717) is 10.9 Å². The number of nitrogens with zero attached hydrogens (tertiary/aromatic N) is 1. The van der Waals surface area contributed by atoms with Crippen molar-refractivity contribution in [2.75, 3.05) is 27.7 Å². The molecule has 0 spiro atoms. The molecular formula is C23H45NO4. The van der Waals surface area contributed by atoms with Crippen molar-refractivity contribution >= 4 is 11.8 Å². The van der Waals surface area contributed by atoms with Gasteiger partial charge in [-0.3, -0.25) is 4.79 Å². The van der Waals surface area contributed by atoms with E-state index in [1.54, 1.807) is 0 Å². The minimum Gasteiger partial charge on any atom is -0.549 e. The fraction of sp³-hybridized carbons (Fsp3) is 0.913. The SMILES string of the molecule is CCCCCCCCCCCCCCCC(=O)C(C(=O)[O-])C(O)C[N+](C)(C)C. The molecule has 0 heterocycles. The molecule has 0 saturated carbocycles. The number of rotatable bonds is 19. The zero-order valence-corrected chi connectivity index (χ0v) is 18.9. The van der Waals surface area contributed by atoms with Crippen LogP contribution in [0.25, 0.3) is 0 Å². The van der Waals surface area contributed by atoms with Crippen molar-refractivity contribution in [2.45, 2.75) is 103 Å². The second kappa shape index (κ2) is 15.9. The molecule has 0 fully saturated rings. The lowest BCUT2D eigenvalue weighted by atomic mass is 9.93. The molecule has 0 saturated heterocycles. The van der Waals surface area contributed by atoms with Crippen LogP contribution < -0.4 is 5.11 Å². The van der Waals surface area contributed by atoms with Crippen LogP contribution in [0.5, 0.6) is 0 Å². The van der Waals surface area contributed by atoms with Crippen LogP contribution in [-0.4, -0.2) is 55.1 Å². The quantitative estimate of drug-likeness (QED) is 0.205. The Bertz CT molecular complexity index is 417. The topological polar surface area (TPSA) is 77.4 Å². The Labute approximate surface area is 173 Å². The first-order valence-corrected chi connectivity index (χ1v) is 11.4. The Morgan fingerprint density at radius 1 is 0.786 bits per heavy atom. The van der Waals surface area contributed by atoms with Crippen molar-refractivity contribution in [3.8, 4) is 0 Å². The van der Waals surface area contributed by atoms with E-state index in [0.717, 1.165) is 12.8 Å². The van der Waals surface area contributed by atoms with Gasteiger partial charge in [0.25, 0.3) is 0 Å². The summed E-state index contributed by atoms with van der Waals surface area (Å²) in [5.74, 6) is -3.26. The maximum absolute atomic E-state index is 12.2. The van der Waals surface area contributed by atoms with Gasteiger partial charge in [-0.2, -0.15) is 0 Å². The number of unbranched alkanes of at least 4 members (excludes halogenated alkanes) is 12. The van der Waals surface area contributed by atoms with Crippen molar-refractivity contribution in [1.82, 2.24) is 0 Å². The molecule has 0 aliphatic rings. The zero-order valence-electron chi connectivity index (χ0n) is 18.9. The largest absolute Gasteiger partial charge is 0.549 e. The van der Waals surface area contributed by atoms with Gasteiger partial charge in [0.05, 0.1) is 33.0 Å². The zero-order chi connectivity index (χ0) is 21.4. The Hall–Kier alpha value is -0.940. The fourth-order valence-electron chi connectivity index (χ4n) is 3.64. The van der Waals surface area contributed by atoms with Crippen molar-refractivity contribution < 1.29 is 24.3 Å². The molecule has 2 atom stereocenters. The van der Waals surface area contributed by atoms with Crippen LogP contribution in [0.2, 0.25) is 0 Å². The molecule has 5 nitrogen and oxygen atoms in total. The number of likely N-dealkylation sites (N-methyl/N-ethyl adjacent to an activating group) is 1. The number of hydrogen-bond acceptors (Lipinski definition) is 4. The van der Waals surface area contributed by atoms with Crippen LogP contribution in [-0.2, 0) is 9.59 Å². The van der Waals surface area contributed by atoms with Gasteiger partial charge in [-0.05, 0) is 6.42 Å². The summed E-state index contributed by atoms with van der Waals surface area (Å²) in [5.41, 5.74) is 0. The average Bonchev–Trinajstić information content (AvgIpc) is 2.57. The van der Waals surface area contributed by atoms with Gasteiger partial charge in [0, 0.05) is 6.42 Å². The third-order valence-electron chi connectivity index (χ3n) is 5.25. The van der Waals surface area contributed by atoms with Crippen molar-refractivity contribution in [3.63, 3.8) is 0 Å². The number of aliphatic hydroxyl groups excluding tert-OH is 1. The lowest BCUT2D eigenvalue weighted by Gasteiger charge is -2.30. The van der Waals surface area contributed by atoms with Gasteiger partial charge in [-0.1, -0.05) is 84.0 Å². The molecule has 5 heteroatoms. The summed E-state index contributed by atoms with van der Waals surface area (Å²) >= 11 is 0. The minimum absolute atomic E-state index is 0.211. The molecule has 0 amide bonds. The number of aliphatic hydroxyl groups is 1. The van der Waals surface area contributed by atoms with Gasteiger partial charge >= 0.3 is 0 Å². The third-order valence-corrected chi connectivity index (χ3v) is 5.25. The minimum atomic E-state index is -1.46. The predicted molar refractivity (Wildman–Crippen MR) is 113 cm³/mol. The molecule has 0 aliphatic carbocycles. The highest BCUT2D eigenvalue weighted by Crippen LogP contribution is 2.16. The van der Waals surface area contributed by atoms with Crippen LogP contribution in [0.3, 0.4) is 0 Å². The maximum Gasteiger partial charge on any atom is 0.144 e. The first-order chi connectivity index (χ1) is 13.2. The van der Waals surface area contributed by atoms with Crippen LogP contribution in [0, 0.1) is 5.92 Å². The molecule has 0 radical (unpaired) electrons. The number of carboxylic acid groups (broad SMARTS) is 1. The van der Waals surface area contributed by atoms with Gasteiger partial charge < -0.3 is 19.5 Å². The van der Waals surface area contributed by atoms with Crippen molar-refractivity contribution in [2.24, 2.45) is 5.92 Å². The molecule has 0 aromatic heterocycles. The fourth-order valence-corrected chi connectivity index (χ4v) is 3.64. The number of Topliss-reactive ketones (excluding diaryl/α,β-unsaturated/α-hetero) is 1. The molecule has 0 bridgehead atoms. The highest BCUT2D eigenvalue weighted by atomic mass is 16.4. The normalized spacial score (nSPS) is 14.0. The summed E-state index contributed by atoms with van der Waals surface area (Å²) < 4.78 is 0.400. The second-order valence-electron chi connectivity index (χ2n) is 9.30. The monoisotopic (exact) mass is 399 g/mol. The number of ketones is 1. The average molecular weight is 400 g/mol. The van der Waals surface area contributed by atoms with Gasteiger partial charge in [-0.25, -0.2) is 0 Å². The van der Waals surface area contributed by atoms with Gasteiger partial charge in [-0.15, -0.1) is 0 Å². The second-order valence-corrected chi connectivity index (χ2v) is 9.30. The van der Waals surface area contributed by atoms with Gasteiger partial charge in [0.2, 0.25) is 0 Å². The van der Waals surface area contributed by atoms with Gasteiger partial charge in [0.15, 0.2) is 0 Å². The summed E-state index contributed by atoms with van der Waals surface area (Å²) in [6.07, 6.45) is 14.9. The number of carbonyl (C=O) groups is 2. The molecule has 0 aromatic carbocycles. The lowest BCUT2D eigenvalue weighted by molar-refractivity contribution is -0.873. The molecule has 28 heavy (non-hydrogen) atoms. The Morgan fingerprint density at radius 3 is 1.54 bits per heavy atom. The predicted octanol–water partition coefficient (Wildman–Crippen LogP) is 3.47. The summed E-state index contributed by atoms with van der Waals surface area (Å²) in [4.78, 5) is 23.5. The number of carboxylic acids is 1. The van der Waals surface area contributed by atoms with Gasteiger partial charge in [0.1, 0.15) is 18.4 Å². The van der Waals surface area contributed by atoms with Crippen LogP contribution >= 0.6 is 0 Å². The number of carbonyl (C=O) groups excluding carboxylic acids is 2. The van der Waals surface area contributed by atoms with E-state index < -0.39 is 23.8 Å². The molecule has 2 unspecified atom stereocenters. The third kappa shape index (κ3) is 15.0. The first-order valence-electron chi connectivity index (χ1n) is 11.4. The van der Waals surface area contributed by atoms with E-state index >= 15 is 0 Å². The number of hydrogen-bond donors (Lipinski definition) is 1. The van der Waals surface area contributed by atoms with E-state index in [9.17, 15) is 19.8 Å². The molecule has 166 valence electrons. The molecule has 0 aromatic rings. The van der Waals surface area contributed by atoms with E-state index in [-0.39, 0.29) is 13.0 Å². The van der Waals surface area contributed by atoms with E-state index in [2.05, 4.69) is 6.92 Å². The van der Waals surface area contributed by atoms with Crippen LogP contribution in [0.4, 0.5) is 0 Å². The van der Waals surface area contributed by atoms with Crippen molar-refractivity contribution in [3.05, 3.63) is 0 Å². The Kier molecular flexibility index (Phi) is 15.4. The molecule has 0 aliphatic heterocycles. The van der Waals surface area contributed by atoms with Crippen molar-refractivity contribution in [1.29, 1.82) is 0 Å². The standard InChI is InChI=1S/C23H45NO4/c1-5-6-7-8-9-10-11-12-13-14-15-16-17-18-20(25)22(23(27)28)21(26)19-24(2,3)4/h21-22,26H,5-19H2,1-4H3. The first kappa shape index (κ1) is 27.1. The summed E-state index contributed by atoms with van der Waals surface area (Å²) in [7, 11) is 5.56. The number of quaternary nitrogens is 1. The lowest BCUT2D eigenvalue weighted by Crippen LogP contribution is -2.51. The summed E-state index contributed by atoms with van der Waals surface area (Å²) in [6.45, 7) is 2.45. The molecule has 1 N–H and O–H groups in total. The Balaban J connectivity index is 3.77. The smallest absolute Gasteiger partial charge is 0.144 e. The van der Waals surface area contributed by atoms with Crippen LogP contribution in [0.15, 0.2) is 0 Å². The molecule has 0 rings (SSSR count). The highest BCUT2D eigenvalue weighted by Gasteiger charge is 2.31. The van der Waals surface area contributed by atoms with E-state index in [1.807, 2.05) is 21.1 Å². The Morgan fingerprint density at radius 2 is 1.18 bits per heavy atom. The van der Waals surface area contributed by atoms with E-state index in [4.69, 9.17) is 0 Å². The molecular weight excluding hydrogens is 354 g/mol. The highest BCUT2D eigenvalue weighted by molar-refractivity contribution is 5.98. The number of aliphatic carboxylic acids is 1. The van der Waals surface area contributed by atoms with E-state index in [1.165, 1.54) is 64.2 Å².